The standard InChI is InChI=1S/C10H9NO.C8H10FNO.C4H10/c1-11-7-6-8-4-2-3-5-9(8)10(11)12;1-3-10-5-6(2)7(9)4-8(10)11;1-3-4-2/h2-7H,1H3;4-5H,3H2,1-2H3;3-4H2,1-2H3. The van der Waals surface area contributed by atoms with Gasteiger partial charge in [0.25, 0.3) is 11.1 Å². The summed E-state index contributed by atoms with van der Waals surface area (Å²) < 4.78 is 15.7. The summed E-state index contributed by atoms with van der Waals surface area (Å²) in [4.78, 5) is 22.4. The van der Waals surface area contributed by atoms with E-state index < -0.39 is 5.82 Å². The van der Waals surface area contributed by atoms with Crippen LogP contribution in [0.5, 0.6) is 0 Å². The molecule has 0 spiro atoms. The fourth-order valence-corrected chi connectivity index (χ4v) is 2.20. The van der Waals surface area contributed by atoms with Crippen LogP contribution in [-0.2, 0) is 13.6 Å². The number of nitrogens with zero attached hydrogens (tertiary/aromatic N) is 2. The van der Waals surface area contributed by atoms with Crippen LogP contribution in [0.2, 0.25) is 0 Å². The van der Waals surface area contributed by atoms with Crippen molar-refractivity contribution in [3.63, 3.8) is 0 Å². The van der Waals surface area contributed by atoms with E-state index in [1.54, 1.807) is 24.7 Å². The Balaban J connectivity index is 0.000000227. The first kappa shape index (κ1) is 22.4. The Morgan fingerprint density at radius 1 is 1.00 bits per heavy atom. The molecule has 0 unspecified atom stereocenters. The zero-order valence-electron chi connectivity index (χ0n) is 16.8. The highest BCUT2D eigenvalue weighted by Gasteiger charge is 1.99. The molecule has 0 bridgehead atoms. The van der Waals surface area contributed by atoms with Crippen LogP contribution in [0.15, 0.2) is 58.4 Å². The van der Waals surface area contributed by atoms with Crippen LogP contribution in [0, 0.1) is 12.7 Å². The van der Waals surface area contributed by atoms with Gasteiger partial charge in [-0.2, -0.15) is 0 Å². The largest absolute Gasteiger partial charge is 0.318 e. The molecule has 0 aliphatic rings. The lowest BCUT2D eigenvalue weighted by Crippen LogP contribution is -2.18. The molecule has 0 saturated heterocycles. The van der Waals surface area contributed by atoms with Gasteiger partial charge in [0, 0.05) is 43.0 Å². The Morgan fingerprint density at radius 2 is 1.63 bits per heavy atom. The second-order valence-electron chi connectivity index (χ2n) is 6.25. The van der Waals surface area contributed by atoms with E-state index in [1.807, 2.05) is 37.3 Å². The predicted molar refractivity (Wildman–Crippen MR) is 111 cm³/mol. The number of unbranched alkanes of at least 4 members (excludes halogenated alkanes) is 1. The second kappa shape index (κ2) is 11.1. The summed E-state index contributed by atoms with van der Waals surface area (Å²) in [6.45, 7) is 8.43. The first-order valence-corrected chi connectivity index (χ1v) is 9.26. The Morgan fingerprint density at radius 3 is 2.22 bits per heavy atom. The molecule has 0 amide bonds. The lowest BCUT2D eigenvalue weighted by Gasteiger charge is -2.02. The van der Waals surface area contributed by atoms with Crippen molar-refractivity contribution >= 4 is 10.8 Å². The van der Waals surface area contributed by atoms with Crippen LogP contribution in [0.4, 0.5) is 4.39 Å². The summed E-state index contributed by atoms with van der Waals surface area (Å²) in [5.41, 5.74) is 0.287. The molecule has 0 saturated carbocycles. The van der Waals surface area contributed by atoms with Crippen LogP contribution < -0.4 is 11.1 Å². The summed E-state index contributed by atoms with van der Waals surface area (Å²) >= 11 is 0. The number of benzene rings is 1. The van der Waals surface area contributed by atoms with Gasteiger partial charge < -0.3 is 9.13 Å². The summed E-state index contributed by atoms with van der Waals surface area (Å²) in [5, 5.41) is 1.78. The predicted octanol–water partition coefficient (Wildman–Crippen LogP) is 4.66. The van der Waals surface area contributed by atoms with Gasteiger partial charge in [0.2, 0.25) is 0 Å². The van der Waals surface area contributed by atoms with Crippen LogP contribution in [-0.4, -0.2) is 9.13 Å². The average molecular weight is 372 g/mol. The highest BCUT2D eigenvalue weighted by Crippen LogP contribution is 2.06. The summed E-state index contributed by atoms with van der Waals surface area (Å²) in [6, 6.07) is 10.6. The molecule has 0 aliphatic carbocycles. The van der Waals surface area contributed by atoms with Crippen molar-refractivity contribution in [3.8, 4) is 0 Å². The lowest BCUT2D eigenvalue weighted by molar-refractivity contribution is 0.597. The number of pyridine rings is 2. The Hall–Kier alpha value is -2.69. The number of fused-ring (bicyclic) bond motifs is 1. The average Bonchev–Trinajstić information content (AvgIpc) is 2.68. The van der Waals surface area contributed by atoms with Crippen molar-refractivity contribution in [1.29, 1.82) is 0 Å². The van der Waals surface area contributed by atoms with Gasteiger partial charge in [0.15, 0.2) is 0 Å². The number of hydrogen-bond acceptors (Lipinski definition) is 2. The fraction of sp³-hybridized carbons (Fsp3) is 0.364. The van der Waals surface area contributed by atoms with E-state index in [1.165, 1.54) is 23.6 Å². The molecule has 1 aromatic carbocycles. The van der Waals surface area contributed by atoms with Gasteiger partial charge in [0.05, 0.1) is 0 Å². The second-order valence-corrected chi connectivity index (χ2v) is 6.25. The van der Waals surface area contributed by atoms with Gasteiger partial charge in [-0.3, -0.25) is 9.59 Å². The maximum atomic E-state index is 12.7. The van der Waals surface area contributed by atoms with Gasteiger partial charge in [-0.1, -0.05) is 44.9 Å². The molecule has 146 valence electrons. The van der Waals surface area contributed by atoms with Crippen LogP contribution in [0.3, 0.4) is 0 Å². The summed E-state index contributed by atoms with van der Waals surface area (Å²) in [6.07, 6.45) is 5.95. The van der Waals surface area contributed by atoms with Gasteiger partial charge in [-0.15, -0.1) is 0 Å². The molecule has 0 atom stereocenters. The van der Waals surface area contributed by atoms with Gasteiger partial charge >= 0.3 is 0 Å². The molecule has 5 heteroatoms. The van der Waals surface area contributed by atoms with E-state index in [0.29, 0.717) is 12.1 Å². The van der Waals surface area contributed by atoms with Crippen LogP contribution in [0.25, 0.3) is 10.8 Å². The molecule has 3 aromatic rings. The molecule has 2 aromatic heterocycles. The van der Waals surface area contributed by atoms with Crippen molar-refractivity contribution in [2.24, 2.45) is 7.05 Å². The minimum Gasteiger partial charge on any atom is -0.318 e. The topological polar surface area (TPSA) is 44.0 Å². The van der Waals surface area contributed by atoms with Crippen molar-refractivity contribution in [1.82, 2.24) is 9.13 Å². The Kier molecular flexibility index (Phi) is 9.20. The number of aromatic nitrogens is 2. The molecule has 0 fully saturated rings. The first-order valence-electron chi connectivity index (χ1n) is 9.26. The Labute approximate surface area is 159 Å². The zero-order chi connectivity index (χ0) is 20.4. The molecule has 4 nitrogen and oxygen atoms in total. The van der Waals surface area contributed by atoms with Crippen LogP contribution in [0.1, 0.15) is 39.2 Å². The highest BCUT2D eigenvalue weighted by atomic mass is 19.1. The van der Waals surface area contributed by atoms with Crippen molar-refractivity contribution in [2.75, 3.05) is 0 Å². The van der Waals surface area contributed by atoms with Crippen LogP contribution >= 0.6 is 0 Å². The minimum absolute atomic E-state index is 0.0631. The molecule has 0 N–H and O–H groups in total. The normalized spacial score (nSPS) is 9.85. The molecule has 3 rings (SSSR count). The van der Waals surface area contributed by atoms with Crippen molar-refractivity contribution in [3.05, 3.63) is 80.9 Å². The third-order valence-electron chi connectivity index (χ3n) is 4.09. The van der Waals surface area contributed by atoms with E-state index >= 15 is 0 Å². The van der Waals surface area contributed by atoms with E-state index in [2.05, 4.69) is 13.8 Å². The van der Waals surface area contributed by atoms with Gasteiger partial charge in [-0.05, 0) is 31.4 Å². The quantitative estimate of drug-likeness (QED) is 0.657. The Bertz CT molecular complexity index is 972. The van der Waals surface area contributed by atoms with E-state index in [4.69, 9.17) is 0 Å². The number of halogens is 1. The van der Waals surface area contributed by atoms with Crippen molar-refractivity contribution in [2.45, 2.75) is 47.1 Å². The molecule has 2 heterocycles. The summed E-state index contributed by atoms with van der Waals surface area (Å²) in [5.74, 6) is -0.431. The number of aryl methyl sites for hydroxylation is 3. The minimum atomic E-state index is -0.431. The molecular formula is C22H29FN2O2. The molecular weight excluding hydrogens is 343 g/mol. The lowest BCUT2D eigenvalue weighted by atomic mass is 10.2. The highest BCUT2D eigenvalue weighted by molar-refractivity contribution is 5.81. The maximum Gasteiger partial charge on any atom is 0.258 e. The van der Waals surface area contributed by atoms with E-state index in [9.17, 15) is 14.0 Å². The number of rotatable bonds is 2. The number of hydrogen-bond donors (Lipinski definition) is 0. The summed E-state index contributed by atoms with van der Waals surface area (Å²) in [7, 11) is 1.76. The van der Waals surface area contributed by atoms with Crippen molar-refractivity contribution < 1.29 is 4.39 Å². The van der Waals surface area contributed by atoms with Gasteiger partial charge in [0.1, 0.15) is 5.82 Å². The van der Waals surface area contributed by atoms with E-state index in [0.717, 1.165) is 16.8 Å². The molecule has 0 aliphatic heterocycles. The SMILES string of the molecule is CCCC.CCn1cc(C)c(F)cc1=O.Cn1ccc2ccccc2c1=O. The first-order chi connectivity index (χ1) is 12.8. The maximum absolute atomic E-state index is 12.7. The molecule has 0 radical (unpaired) electrons. The van der Waals surface area contributed by atoms with E-state index in [-0.39, 0.29) is 11.1 Å². The third kappa shape index (κ3) is 6.51. The monoisotopic (exact) mass is 372 g/mol. The smallest absolute Gasteiger partial charge is 0.258 e. The zero-order valence-corrected chi connectivity index (χ0v) is 16.8. The third-order valence-corrected chi connectivity index (χ3v) is 4.09. The fourth-order valence-electron chi connectivity index (χ4n) is 2.20. The van der Waals surface area contributed by atoms with Gasteiger partial charge in [-0.25, -0.2) is 4.39 Å². The molecule has 27 heavy (non-hydrogen) atoms.